The second-order valence-electron chi connectivity index (χ2n) is 4.65. The van der Waals surface area contributed by atoms with Crippen LogP contribution in [0.3, 0.4) is 0 Å². The molecule has 0 saturated heterocycles. The van der Waals surface area contributed by atoms with E-state index in [1.54, 1.807) is 18.5 Å². The first-order chi connectivity index (χ1) is 7.65. The Labute approximate surface area is 95.8 Å². The molecule has 1 saturated carbocycles. The van der Waals surface area contributed by atoms with E-state index in [2.05, 4.69) is 4.98 Å². The predicted octanol–water partition coefficient (Wildman–Crippen LogP) is 2.85. The van der Waals surface area contributed by atoms with Crippen LogP contribution in [0, 0.1) is 5.92 Å². The number of pyridine rings is 1. The first-order valence-electron chi connectivity index (χ1n) is 5.80. The van der Waals surface area contributed by atoms with Crippen LogP contribution >= 0.6 is 0 Å². The van der Waals surface area contributed by atoms with Gasteiger partial charge in [0.1, 0.15) is 5.75 Å². The van der Waals surface area contributed by atoms with Gasteiger partial charge < -0.3 is 4.74 Å². The van der Waals surface area contributed by atoms with Crippen LogP contribution < -0.4 is 4.74 Å². The standard InChI is InChI=1S/C13H17NO2/c1-9(2)16-12-6-11(7-14-8-12)13(15)5-10-3-4-10/h6-10H,3-5H2,1-2H3. The third kappa shape index (κ3) is 3.05. The molecule has 0 aliphatic heterocycles. The minimum Gasteiger partial charge on any atom is -0.489 e. The van der Waals surface area contributed by atoms with Gasteiger partial charge in [-0.05, 0) is 38.7 Å². The average Bonchev–Trinajstić information content (AvgIpc) is 3.01. The Balaban J connectivity index is 2.04. The monoisotopic (exact) mass is 219 g/mol. The zero-order chi connectivity index (χ0) is 11.5. The van der Waals surface area contributed by atoms with Gasteiger partial charge in [-0.1, -0.05) is 0 Å². The summed E-state index contributed by atoms with van der Waals surface area (Å²) in [7, 11) is 0. The van der Waals surface area contributed by atoms with Crippen molar-refractivity contribution in [3.8, 4) is 5.75 Å². The number of ether oxygens (including phenoxy) is 1. The van der Waals surface area contributed by atoms with Crippen molar-refractivity contribution < 1.29 is 9.53 Å². The molecule has 0 unspecified atom stereocenters. The molecule has 0 aromatic carbocycles. The van der Waals surface area contributed by atoms with Gasteiger partial charge in [0.25, 0.3) is 0 Å². The van der Waals surface area contributed by atoms with Gasteiger partial charge in [-0.25, -0.2) is 0 Å². The van der Waals surface area contributed by atoms with E-state index in [0.717, 1.165) is 0 Å². The van der Waals surface area contributed by atoms with Gasteiger partial charge in [-0.15, -0.1) is 0 Å². The number of nitrogens with zero attached hydrogens (tertiary/aromatic N) is 1. The number of Topliss-reactive ketones (excluding diaryl/α,β-unsaturated/α-hetero) is 1. The molecule has 1 aliphatic carbocycles. The van der Waals surface area contributed by atoms with E-state index >= 15 is 0 Å². The molecule has 2 rings (SSSR count). The molecule has 1 heterocycles. The summed E-state index contributed by atoms with van der Waals surface area (Å²) in [6.07, 6.45) is 6.43. The van der Waals surface area contributed by atoms with Gasteiger partial charge in [0.05, 0.1) is 12.3 Å². The van der Waals surface area contributed by atoms with Gasteiger partial charge in [0.15, 0.2) is 5.78 Å². The Hall–Kier alpha value is -1.38. The molecule has 16 heavy (non-hydrogen) atoms. The normalized spacial score (nSPS) is 15.2. The lowest BCUT2D eigenvalue weighted by Gasteiger charge is -2.09. The quantitative estimate of drug-likeness (QED) is 0.715. The molecule has 1 aliphatic rings. The first kappa shape index (κ1) is 11.1. The maximum Gasteiger partial charge on any atom is 0.164 e. The first-order valence-corrected chi connectivity index (χ1v) is 5.80. The highest BCUT2D eigenvalue weighted by Crippen LogP contribution is 2.33. The molecule has 0 amide bonds. The van der Waals surface area contributed by atoms with Crippen LogP contribution in [0.2, 0.25) is 0 Å². The van der Waals surface area contributed by atoms with Crippen LogP contribution in [0.25, 0.3) is 0 Å². The number of carbonyl (C=O) groups is 1. The third-order valence-electron chi connectivity index (χ3n) is 2.58. The summed E-state index contributed by atoms with van der Waals surface area (Å²) in [4.78, 5) is 15.9. The van der Waals surface area contributed by atoms with Gasteiger partial charge in [0.2, 0.25) is 0 Å². The van der Waals surface area contributed by atoms with Crippen LogP contribution in [0.1, 0.15) is 43.5 Å². The third-order valence-corrected chi connectivity index (χ3v) is 2.58. The number of carbonyl (C=O) groups excluding carboxylic acids is 1. The molecule has 0 radical (unpaired) electrons. The van der Waals surface area contributed by atoms with Crippen molar-refractivity contribution in [3.63, 3.8) is 0 Å². The molecule has 86 valence electrons. The van der Waals surface area contributed by atoms with Crippen molar-refractivity contribution in [2.24, 2.45) is 5.92 Å². The van der Waals surface area contributed by atoms with E-state index in [4.69, 9.17) is 4.74 Å². The van der Waals surface area contributed by atoms with Crippen molar-refractivity contribution >= 4 is 5.78 Å². The smallest absolute Gasteiger partial charge is 0.164 e. The molecular formula is C13H17NO2. The topological polar surface area (TPSA) is 39.2 Å². The Bertz CT molecular complexity index is 383. The Morgan fingerprint density at radius 3 is 2.88 bits per heavy atom. The molecule has 0 spiro atoms. The van der Waals surface area contributed by atoms with E-state index in [-0.39, 0.29) is 11.9 Å². The van der Waals surface area contributed by atoms with Crippen molar-refractivity contribution in [2.45, 2.75) is 39.2 Å². The zero-order valence-corrected chi connectivity index (χ0v) is 9.77. The van der Waals surface area contributed by atoms with E-state index < -0.39 is 0 Å². The van der Waals surface area contributed by atoms with Crippen molar-refractivity contribution in [1.82, 2.24) is 4.98 Å². The fourth-order valence-corrected chi connectivity index (χ4v) is 1.61. The van der Waals surface area contributed by atoms with Gasteiger partial charge in [0, 0.05) is 18.2 Å². The number of aromatic nitrogens is 1. The van der Waals surface area contributed by atoms with Crippen LogP contribution in [0.15, 0.2) is 18.5 Å². The number of hydrogen-bond donors (Lipinski definition) is 0. The average molecular weight is 219 g/mol. The van der Waals surface area contributed by atoms with Gasteiger partial charge in [-0.3, -0.25) is 9.78 Å². The van der Waals surface area contributed by atoms with Gasteiger partial charge in [-0.2, -0.15) is 0 Å². The minimum atomic E-state index is 0.107. The summed E-state index contributed by atoms with van der Waals surface area (Å²) >= 11 is 0. The Morgan fingerprint density at radius 1 is 1.50 bits per heavy atom. The molecule has 1 fully saturated rings. The Morgan fingerprint density at radius 2 is 2.25 bits per heavy atom. The molecule has 0 atom stereocenters. The second kappa shape index (κ2) is 4.64. The van der Waals surface area contributed by atoms with Crippen LogP contribution in [-0.2, 0) is 0 Å². The molecule has 1 aromatic rings. The summed E-state index contributed by atoms with van der Waals surface area (Å²) in [5.74, 6) is 1.48. The number of rotatable bonds is 5. The van der Waals surface area contributed by atoms with Crippen LogP contribution in [0.5, 0.6) is 5.75 Å². The molecular weight excluding hydrogens is 202 g/mol. The van der Waals surface area contributed by atoms with E-state index in [1.165, 1.54) is 12.8 Å². The SMILES string of the molecule is CC(C)Oc1cncc(C(=O)CC2CC2)c1. The maximum absolute atomic E-state index is 11.8. The summed E-state index contributed by atoms with van der Waals surface area (Å²) < 4.78 is 5.51. The minimum absolute atomic E-state index is 0.107. The lowest BCUT2D eigenvalue weighted by Crippen LogP contribution is -2.07. The van der Waals surface area contributed by atoms with Crippen molar-refractivity contribution in [1.29, 1.82) is 0 Å². The fraction of sp³-hybridized carbons (Fsp3) is 0.538. The maximum atomic E-state index is 11.8. The molecule has 0 N–H and O–H groups in total. The fourth-order valence-electron chi connectivity index (χ4n) is 1.61. The van der Waals surface area contributed by atoms with Crippen molar-refractivity contribution in [3.05, 3.63) is 24.0 Å². The highest BCUT2D eigenvalue weighted by Gasteiger charge is 2.25. The summed E-state index contributed by atoms with van der Waals surface area (Å²) in [5.41, 5.74) is 0.671. The lowest BCUT2D eigenvalue weighted by molar-refractivity contribution is 0.0975. The Kier molecular flexibility index (Phi) is 3.22. The zero-order valence-electron chi connectivity index (χ0n) is 9.77. The molecule has 1 aromatic heterocycles. The largest absolute Gasteiger partial charge is 0.489 e. The second-order valence-corrected chi connectivity index (χ2v) is 4.65. The number of ketones is 1. The molecule has 3 nitrogen and oxygen atoms in total. The molecule has 0 bridgehead atoms. The van der Waals surface area contributed by atoms with Gasteiger partial charge >= 0.3 is 0 Å². The van der Waals surface area contributed by atoms with Crippen LogP contribution in [0.4, 0.5) is 0 Å². The predicted molar refractivity (Wildman–Crippen MR) is 61.7 cm³/mol. The van der Waals surface area contributed by atoms with E-state index in [1.807, 2.05) is 13.8 Å². The highest BCUT2D eigenvalue weighted by atomic mass is 16.5. The number of hydrogen-bond acceptors (Lipinski definition) is 3. The van der Waals surface area contributed by atoms with E-state index in [0.29, 0.717) is 23.7 Å². The van der Waals surface area contributed by atoms with Crippen molar-refractivity contribution in [2.75, 3.05) is 0 Å². The highest BCUT2D eigenvalue weighted by molar-refractivity contribution is 5.96. The van der Waals surface area contributed by atoms with Crippen LogP contribution in [-0.4, -0.2) is 16.9 Å². The summed E-state index contributed by atoms with van der Waals surface area (Å²) in [5, 5.41) is 0. The lowest BCUT2D eigenvalue weighted by atomic mass is 10.1. The molecule has 3 heteroatoms. The summed E-state index contributed by atoms with van der Waals surface area (Å²) in [6.45, 7) is 3.91. The van der Waals surface area contributed by atoms with E-state index in [9.17, 15) is 4.79 Å². The summed E-state index contributed by atoms with van der Waals surface area (Å²) in [6, 6.07) is 1.79.